The van der Waals surface area contributed by atoms with E-state index in [0.717, 1.165) is 12.0 Å². The second kappa shape index (κ2) is 0.677. The molecule has 0 spiro atoms. The van der Waals surface area contributed by atoms with Gasteiger partial charge in [0.05, 0.1) is 0 Å². The molecule has 1 radical (unpaired) electrons. The fourth-order valence-corrected chi connectivity index (χ4v) is 0.134. The van der Waals surface area contributed by atoms with E-state index in [1.54, 1.807) is 6.29 Å². The number of hydrogen-bond donors (Lipinski definition) is 0. The smallest absolute Gasteiger partial charge is 0.229 e. The lowest BCUT2D eigenvalue weighted by molar-refractivity contribution is 0.563. The normalized spacial score (nSPS) is 17.2. The minimum absolute atomic E-state index is 0.824. The van der Waals surface area contributed by atoms with Gasteiger partial charge in [-0.25, -0.2) is 0 Å². The van der Waals surface area contributed by atoms with E-state index in [1.807, 2.05) is 6.08 Å². The van der Waals surface area contributed by atoms with Crippen LogP contribution in [0.15, 0.2) is 11.6 Å². The second-order valence-corrected chi connectivity index (χ2v) is 1.04. The Bertz CT molecular complexity index is 78.9. The average Bonchev–Trinajstić information content (AvgIpc) is 2.12. The fraction of sp³-hybridized carbons (Fsp3) is 0.250. The summed E-state index contributed by atoms with van der Waals surface area (Å²) < 4.78 is 0. The van der Waals surface area contributed by atoms with Gasteiger partial charge in [0.1, 0.15) is 0 Å². The summed E-state index contributed by atoms with van der Waals surface area (Å²) in [4.78, 5) is 9.37. The van der Waals surface area contributed by atoms with Gasteiger partial charge < -0.3 is 0 Å². The Kier molecular flexibility index (Phi) is 0.357. The SMILES string of the molecule is O=[C]C1=CC1. The molecule has 1 aliphatic rings. The number of carbonyl (C=O) groups excluding carboxylic acids is 1. The third-order valence-electron chi connectivity index (χ3n) is 0.539. The van der Waals surface area contributed by atoms with Crippen LogP contribution in [0.4, 0.5) is 0 Å². The van der Waals surface area contributed by atoms with E-state index in [1.165, 1.54) is 0 Å². The Balaban J connectivity index is 2.49. The Labute approximate surface area is 30.3 Å². The largest absolute Gasteiger partial charge is 0.285 e. The van der Waals surface area contributed by atoms with Gasteiger partial charge in [0, 0.05) is 5.57 Å². The molecule has 5 heavy (non-hydrogen) atoms. The maximum atomic E-state index is 9.37. The van der Waals surface area contributed by atoms with E-state index >= 15 is 0 Å². The highest BCUT2D eigenvalue weighted by atomic mass is 16.1. The number of rotatable bonds is 1. The van der Waals surface area contributed by atoms with E-state index in [9.17, 15) is 4.79 Å². The Morgan fingerprint density at radius 2 is 2.60 bits per heavy atom. The van der Waals surface area contributed by atoms with E-state index in [0.29, 0.717) is 0 Å². The molecule has 0 saturated heterocycles. The molecular weight excluding hydrogens is 64.0 g/mol. The van der Waals surface area contributed by atoms with Crippen molar-refractivity contribution in [2.24, 2.45) is 0 Å². The summed E-state index contributed by atoms with van der Waals surface area (Å²) >= 11 is 0. The second-order valence-electron chi connectivity index (χ2n) is 1.04. The first kappa shape index (κ1) is 2.64. The lowest BCUT2D eigenvalue weighted by Crippen LogP contribution is -1.54. The zero-order valence-electron chi connectivity index (χ0n) is 2.69. The monoisotopic (exact) mass is 67.0 g/mol. The van der Waals surface area contributed by atoms with E-state index < -0.39 is 0 Å². The zero-order chi connectivity index (χ0) is 3.70. The highest BCUT2D eigenvalue weighted by molar-refractivity contribution is 5.79. The predicted octanol–water partition coefficient (Wildman–Crippen LogP) is 0.426. The molecule has 1 rings (SSSR count). The van der Waals surface area contributed by atoms with Crippen LogP contribution in [0, 0.1) is 0 Å². The molecule has 0 bridgehead atoms. The quantitative estimate of drug-likeness (QED) is 0.434. The van der Waals surface area contributed by atoms with Gasteiger partial charge in [-0.15, -0.1) is 0 Å². The molecule has 0 amide bonds. The first-order valence-corrected chi connectivity index (χ1v) is 1.50. The minimum atomic E-state index is 0.824. The molecule has 1 heteroatoms. The van der Waals surface area contributed by atoms with Crippen molar-refractivity contribution in [2.75, 3.05) is 0 Å². The Morgan fingerprint density at radius 3 is 2.60 bits per heavy atom. The average molecular weight is 67.1 g/mol. The van der Waals surface area contributed by atoms with Crippen LogP contribution in [0.2, 0.25) is 0 Å². The van der Waals surface area contributed by atoms with Gasteiger partial charge in [-0.1, -0.05) is 6.08 Å². The van der Waals surface area contributed by atoms with Gasteiger partial charge >= 0.3 is 0 Å². The molecule has 0 N–H and O–H groups in total. The molecule has 25 valence electrons. The molecule has 0 atom stereocenters. The fourth-order valence-electron chi connectivity index (χ4n) is 0.134. The van der Waals surface area contributed by atoms with Crippen molar-refractivity contribution in [3.05, 3.63) is 11.6 Å². The first-order valence-electron chi connectivity index (χ1n) is 1.50. The van der Waals surface area contributed by atoms with Crippen LogP contribution in [-0.4, -0.2) is 6.29 Å². The Morgan fingerprint density at radius 1 is 2.00 bits per heavy atom. The zero-order valence-corrected chi connectivity index (χ0v) is 2.69. The number of hydrogen-bond acceptors (Lipinski definition) is 1. The highest BCUT2D eigenvalue weighted by Crippen LogP contribution is 2.12. The van der Waals surface area contributed by atoms with Crippen molar-refractivity contribution in [1.82, 2.24) is 0 Å². The van der Waals surface area contributed by atoms with Crippen LogP contribution in [0.5, 0.6) is 0 Å². The van der Waals surface area contributed by atoms with Crippen LogP contribution in [-0.2, 0) is 4.79 Å². The summed E-state index contributed by atoms with van der Waals surface area (Å²) in [6.45, 7) is 0. The maximum absolute atomic E-state index is 9.37. The van der Waals surface area contributed by atoms with Gasteiger partial charge in [0.15, 0.2) is 0 Å². The molecule has 0 aliphatic heterocycles. The van der Waals surface area contributed by atoms with E-state index in [-0.39, 0.29) is 0 Å². The van der Waals surface area contributed by atoms with Crippen molar-refractivity contribution in [1.29, 1.82) is 0 Å². The summed E-state index contributed by atoms with van der Waals surface area (Å²) in [5.74, 6) is 0. The van der Waals surface area contributed by atoms with Gasteiger partial charge in [-0.2, -0.15) is 0 Å². The molecule has 0 fully saturated rings. The lowest BCUT2D eigenvalue weighted by atomic mass is 10.6. The minimum Gasteiger partial charge on any atom is -0.285 e. The molecule has 0 aromatic rings. The van der Waals surface area contributed by atoms with Crippen molar-refractivity contribution >= 4 is 6.29 Å². The van der Waals surface area contributed by atoms with Crippen molar-refractivity contribution < 1.29 is 4.79 Å². The van der Waals surface area contributed by atoms with Crippen LogP contribution < -0.4 is 0 Å². The van der Waals surface area contributed by atoms with Gasteiger partial charge in [0.2, 0.25) is 6.29 Å². The predicted molar refractivity (Wildman–Crippen MR) is 18.4 cm³/mol. The van der Waals surface area contributed by atoms with Crippen LogP contribution >= 0.6 is 0 Å². The van der Waals surface area contributed by atoms with Crippen molar-refractivity contribution in [3.63, 3.8) is 0 Å². The summed E-state index contributed by atoms with van der Waals surface area (Å²) in [5, 5.41) is 0. The van der Waals surface area contributed by atoms with Crippen molar-refractivity contribution in [2.45, 2.75) is 6.42 Å². The molecule has 0 heterocycles. The summed E-state index contributed by atoms with van der Waals surface area (Å²) in [5.41, 5.74) is 0.824. The van der Waals surface area contributed by atoms with Crippen molar-refractivity contribution in [3.8, 4) is 0 Å². The van der Waals surface area contributed by atoms with E-state index in [4.69, 9.17) is 0 Å². The van der Waals surface area contributed by atoms with Gasteiger partial charge in [-0.3, -0.25) is 4.79 Å². The molecule has 0 aromatic heterocycles. The molecular formula is C4H3O. The molecule has 1 aliphatic carbocycles. The summed E-state index contributed by atoms with van der Waals surface area (Å²) in [7, 11) is 0. The first-order chi connectivity index (χ1) is 2.43. The standard InChI is InChI=1S/C4H3O/c5-3-4-1-2-4/h1H,2H2. The van der Waals surface area contributed by atoms with Gasteiger partial charge in [0.25, 0.3) is 0 Å². The Hall–Kier alpha value is -0.590. The third kappa shape index (κ3) is 0.349. The maximum Gasteiger partial charge on any atom is 0.229 e. The summed E-state index contributed by atoms with van der Waals surface area (Å²) in [6.07, 6.45) is 4.47. The summed E-state index contributed by atoms with van der Waals surface area (Å²) in [6, 6.07) is 0. The lowest BCUT2D eigenvalue weighted by Gasteiger charge is -1.47. The van der Waals surface area contributed by atoms with Gasteiger partial charge in [-0.05, 0) is 6.42 Å². The third-order valence-corrected chi connectivity index (χ3v) is 0.539. The molecule has 1 nitrogen and oxygen atoms in total. The highest BCUT2D eigenvalue weighted by Gasteiger charge is 2.03. The molecule has 0 unspecified atom stereocenters. The van der Waals surface area contributed by atoms with Crippen LogP contribution in [0.25, 0.3) is 0 Å². The van der Waals surface area contributed by atoms with Crippen LogP contribution in [0.3, 0.4) is 0 Å². The molecule has 0 aromatic carbocycles. The number of allylic oxidation sites excluding steroid dienone is 2. The topological polar surface area (TPSA) is 17.1 Å². The van der Waals surface area contributed by atoms with Crippen LogP contribution in [0.1, 0.15) is 6.42 Å². The molecule has 0 saturated carbocycles. The van der Waals surface area contributed by atoms with E-state index in [2.05, 4.69) is 0 Å².